The van der Waals surface area contributed by atoms with E-state index < -0.39 is 0 Å². The molecular formula is C15H19N3. The molecule has 3 heteroatoms. The van der Waals surface area contributed by atoms with Gasteiger partial charge in [-0.2, -0.15) is 5.10 Å². The Morgan fingerprint density at radius 2 is 2.22 bits per heavy atom. The van der Waals surface area contributed by atoms with Crippen LogP contribution >= 0.6 is 0 Å². The van der Waals surface area contributed by atoms with E-state index in [1.807, 2.05) is 12.4 Å². The maximum absolute atomic E-state index is 3.98. The number of nitrogens with zero attached hydrogens (tertiary/aromatic N) is 1. The normalized spacial score (nSPS) is 19.2. The van der Waals surface area contributed by atoms with E-state index in [4.69, 9.17) is 0 Å². The fourth-order valence-corrected chi connectivity index (χ4v) is 2.75. The molecule has 0 spiro atoms. The monoisotopic (exact) mass is 241 g/mol. The Bertz CT molecular complexity index is 490. The van der Waals surface area contributed by atoms with Gasteiger partial charge in [-0.25, -0.2) is 0 Å². The summed E-state index contributed by atoms with van der Waals surface area (Å²) < 4.78 is 0. The highest BCUT2D eigenvalue weighted by atomic mass is 15.1. The van der Waals surface area contributed by atoms with Crippen molar-refractivity contribution >= 4 is 0 Å². The molecule has 0 saturated carbocycles. The Balaban J connectivity index is 1.75. The predicted octanol–water partition coefficient (Wildman–Crippen LogP) is 2.97. The van der Waals surface area contributed by atoms with Crippen LogP contribution in [0.5, 0.6) is 0 Å². The van der Waals surface area contributed by atoms with Crippen LogP contribution in [0.2, 0.25) is 0 Å². The average Bonchev–Trinajstić information content (AvgIpc) is 2.84. The number of fused-ring (bicyclic) bond motifs is 1. The fourth-order valence-electron chi connectivity index (χ4n) is 2.75. The molecule has 1 aromatic heterocycles. The Kier molecular flexibility index (Phi) is 3.42. The van der Waals surface area contributed by atoms with E-state index in [-0.39, 0.29) is 0 Å². The molecule has 0 amide bonds. The predicted molar refractivity (Wildman–Crippen MR) is 72.2 cm³/mol. The van der Waals surface area contributed by atoms with Gasteiger partial charge in [-0.15, -0.1) is 0 Å². The molecule has 0 aliphatic heterocycles. The van der Waals surface area contributed by atoms with Crippen LogP contribution in [-0.2, 0) is 13.0 Å². The van der Waals surface area contributed by atoms with Crippen molar-refractivity contribution in [2.75, 3.05) is 0 Å². The molecule has 2 N–H and O–H groups in total. The van der Waals surface area contributed by atoms with Gasteiger partial charge in [0.25, 0.3) is 0 Å². The van der Waals surface area contributed by atoms with Gasteiger partial charge in [0.1, 0.15) is 0 Å². The summed E-state index contributed by atoms with van der Waals surface area (Å²) in [7, 11) is 0. The van der Waals surface area contributed by atoms with E-state index >= 15 is 0 Å². The van der Waals surface area contributed by atoms with Gasteiger partial charge in [-0.3, -0.25) is 5.10 Å². The van der Waals surface area contributed by atoms with Crippen molar-refractivity contribution in [3.05, 3.63) is 53.3 Å². The molecule has 18 heavy (non-hydrogen) atoms. The second kappa shape index (κ2) is 5.36. The number of hydrogen-bond donors (Lipinski definition) is 2. The summed E-state index contributed by atoms with van der Waals surface area (Å²) in [5, 5.41) is 10.5. The molecule has 3 nitrogen and oxygen atoms in total. The van der Waals surface area contributed by atoms with Crippen LogP contribution in [0.3, 0.4) is 0 Å². The summed E-state index contributed by atoms with van der Waals surface area (Å²) in [4.78, 5) is 0. The SMILES string of the molecule is c1ccc2c(c1)CCCCC2NCc1cn[nH]c1. The molecule has 1 heterocycles. The van der Waals surface area contributed by atoms with Crippen LogP contribution in [0.4, 0.5) is 0 Å². The van der Waals surface area contributed by atoms with Crippen LogP contribution < -0.4 is 5.32 Å². The van der Waals surface area contributed by atoms with Crippen molar-refractivity contribution in [3.63, 3.8) is 0 Å². The number of aryl methyl sites for hydroxylation is 1. The van der Waals surface area contributed by atoms with Gasteiger partial charge in [0.2, 0.25) is 0 Å². The smallest absolute Gasteiger partial charge is 0.0532 e. The lowest BCUT2D eigenvalue weighted by Gasteiger charge is -2.19. The van der Waals surface area contributed by atoms with Gasteiger partial charge in [-0.05, 0) is 30.4 Å². The number of hydrogen-bond acceptors (Lipinski definition) is 2. The quantitative estimate of drug-likeness (QED) is 0.811. The van der Waals surface area contributed by atoms with Crippen molar-refractivity contribution in [2.24, 2.45) is 0 Å². The second-order valence-electron chi connectivity index (χ2n) is 4.98. The average molecular weight is 241 g/mol. The van der Waals surface area contributed by atoms with Crippen molar-refractivity contribution in [3.8, 4) is 0 Å². The maximum Gasteiger partial charge on any atom is 0.0532 e. The number of benzene rings is 1. The summed E-state index contributed by atoms with van der Waals surface area (Å²) in [5.74, 6) is 0. The van der Waals surface area contributed by atoms with Crippen molar-refractivity contribution < 1.29 is 0 Å². The van der Waals surface area contributed by atoms with Crippen LogP contribution in [-0.4, -0.2) is 10.2 Å². The highest BCUT2D eigenvalue weighted by Crippen LogP contribution is 2.28. The van der Waals surface area contributed by atoms with Crippen molar-refractivity contribution in [1.29, 1.82) is 0 Å². The summed E-state index contributed by atoms with van der Waals surface area (Å²) >= 11 is 0. The third kappa shape index (κ3) is 2.46. The first kappa shape index (κ1) is 11.5. The zero-order chi connectivity index (χ0) is 12.2. The standard InChI is InChI=1S/C15H19N3/c1-3-7-14-13(5-1)6-2-4-8-15(14)16-9-12-10-17-18-11-12/h1,3,5,7,10-11,15-16H,2,4,6,8-9H2,(H,17,18). The van der Waals surface area contributed by atoms with Gasteiger partial charge in [0.15, 0.2) is 0 Å². The van der Waals surface area contributed by atoms with Crippen LogP contribution in [0.1, 0.15) is 42.0 Å². The molecule has 1 aliphatic carbocycles. The highest BCUT2D eigenvalue weighted by molar-refractivity contribution is 5.31. The van der Waals surface area contributed by atoms with Crippen LogP contribution in [0, 0.1) is 0 Å². The molecule has 3 rings (SSSR count). The molecule has 0 saturated heterocycles. The summed E-state index contributed by atoms with van der Waals surface area (Å²) in [6.07, 6.45) is 8.90. The Hall–Kier alpha value is -1.61. The van der Waals surface area contributed by atoms with Gasteiger partial charge >= 0.3 is 0 Å². The third-order valence-corrected chi connectivity index (χ3v) is 3.73. The van der Waals surface area contributed by atoms with Crippen molar-refractivity contribution in [1.82, 2.24) is 15.5 Å². The number of aromatic nitrogens is 2. The zero-order valence-electron chi connectivity index (χ0n) is 10.5. The summed E-state index contributed by atoms with van der Waals surface area (Å²) in [6.45, 7) is 0.884. The van der Waals surface area contributed by atoms with E-state index in [1.54, 1.807) is 0 Å². The molecule has 1 aliphatic rings. The maximum atomic E-state index is 3.98. The van der Waals surface area contributed by atoms with Crippen LogP contribution in [0.25, 0.3) is 0 Å². The lowest BCUT2D eigenvalue weighted by molar-refractivity contribution is 0.489. The Morgan fingerprint density at radius 3 is 3.11 bits per heavy atom. The molecule has 94 valence electrons. The van der Waals surface area contributed by atoms with E-state index in [2.05, 4.69) is 39.8 Å². The topological polar surface area (TPSA) is 40.7 Å². The first-order valence-corrected chi connectivity index (χ1v) is 6.72. The second-order valence-corrected chi connectivity index (χ2v) is 4.98. The summed E-state index contributed by atoms with van der Waals surface area (Å²) in [6, 6.07) is 9.33. The van der Waals surface area contributed by atoms with Gasteiger partial charge in [-0.1, -0.05) is 30.7 Å². The number of nitrogens with one attached hydrogen (secondary N) is 2. The van der Waals surface area contributed by atoms with E-state index in [1.165, 1.54) is 42.4 Å². The minimum atomic E-state index is 0.485. The molecule has 1 atom stereocenters. The minimum absolute atomic E-state index is 0.485. The number of rotatable bonds is 3. The van der Waals surface area contributed by atoms with E-state index in [0.717, 1.165) is 6.54 Å². The molecular weight excluding hydrogens is 222 g/mol. The first-order chi connectivity index (χ1) is 8.93. The molecule has 0 fully saturated rings. The number of aromatic amines is 1. The summed E-state index contributed by atoms with van der Waals surface area (Å²) in [5.41, 5.74) is 4.22. The number of H-pyrrole nitrogens is 1. The minimum Gasteiger partial charge on any atom is -0.306 e. The first-order valence-electron chi connectivity index (χ1n) is 6.72. The van der Waals surface area contributed by atoms with Crippen molar-refractivity contribution in [2.45, 2.75) is 38.3 Å². The van der Waals surface area contributed by atoms with Crippen LogP contribution in [0.15, 0.2) is 36.7 Å². The van der Waals surface area contributed by atoms with Gasteiger partial charge < -0.3 is 5.32 Å². The largest absolute Gasteiger partial charge is 0.306 e. The molecule has 0 bridgehead atoms. The Labute approximate surface area is 108 Å². The zero-order valence-corrected chi connectivity index (χ0v) is 10.5. The van der Waals surface area contributed by atoms with Gasteiger partial charge in [0.05, 0.1) is 6.20 Å². The van der Waals surface area contributed by atoms with E-state index in [9.17, 15) is 0 Å². The molecule has 1 unspecified atom stereocenters. The molecule has 2 aromatic rings. The van der Waals surface area contributed by atoms with E-state index in [0.29, 0.717) is 6.04 Å². The molecule has 1 aromatic carbocycles. The third-order valence-electron chi connectivity index (χ3n) is 3.73. The molecule has 0 radical (unpaired) electrons. The van der Waals surface area contributed by atoms with Gasteiger partial charge in [0, 0.05) is 24.3 Å². The lowest BCUT2D eigenvalue weighted by Crippen LogP contribution is -2.20. The Morgan fingerprint density at radius 1 is 1.28 bits per heavy atom. The highest BCUT2D eigenvalue weighted by Gasteiger charge is 2.17. The lowest BCUT2D eigenvalue weighted by atomic mass is 9.99. The fraction of sp³-hybridized carbons (Fsp3) is 0.400.